The summed E-state index contributed by atoms with van der Waals surface area (Å²) in [6.45, 7) is 11.2. The minimum Gasteiger partial charge on any atom is -0.413 e. The first kappa shape index (κ1) is 18.1. The van der Waals surface area contributed by atoms with E-state index in [1.807, 2.05) is 6.07 Å². The first-order valence-corrected chi connectivity index (χ1v) is 11.6. The molecule has 0 aliphatic carbocycles. The molecular weight excluding hydrogens is 304 g/mol. The van der Waals surface area contributed by atoms with Gasteiger partial charge in [0.05, 0.1) is 6.61 Å². The van der Waals surface area contributed by atoms with Crippen molar-refractivity contribution < 1.29 is 17.6 Å². The Kier molecular flexibility index (Phi) is 5.18. The Morgan fingerprint density at radius 2 is 1.81 bits per heavy atom. The summed E-state index contributed by atoms with van der Waals surface area (Å²) >= 11 is 0. The van der Waals surface area contributed by atoms with E-state index in [9.17, 15) is 13.2 Å². The monoisotopic (exact) mass is 328 g/mol. The van der Waals surface area contributed by atoms with Crippen LogP contribution in [0.25, 0.3) is 0 Å². The van der Waals surface area contributed by atoms with Crippen molar-refractivity contribution >= 4 is 23.3 Å². The molecule has 118 valence electrons. The highest BCUT2D eigenvalue weighted by Crippen LogP contribution is 2.37. The fourth-order valence-corrected chi connectivity index (χ4v) is 3.00. The highest BCUT2D eigenvalue weighted by molar-refractivity contribution is 8.06. The van der Waals surface area contributed by atoms with Gasteiger partial charge in [0, 0.05) is 11.8 Å². The van der Waals surface area contributed by atoms with E-state index in [0.717, 1.165) is 11.8 Å². The number of rotatable bonds is 4. The van der Waals surface area contributed by atoms with Gasteiger partial charge in [0.25, 0.3) is 5.12 Å². The van der Waals surface area contributed by atoms with Crippen LogP contribution in [0.5, 0.6) is 0 Å². The van der Waals surface area contributed by atoms with Gasteiger partial charge in [-0.3, -0.25) is 4.79 Å². The molecule has 0 fully saturated rings. The van der Waals surface area contributed by atoms with E-state index in [0.29, 0.717) is 6.61 Å². The Labute approximate surface area is 128 Å². The standard InChI is InChI=1S/C15H24O4SSi/c1-15(2,3)21(5,6)19-11-12-8-7-9-13(10-12)14(16)20(4,17)18/h7-10H,11H2,1-6H3. The third-order valence-electron chi connectivity index (χ3n) is 3.91. The smallest absolute Gasteiger partial charge is 0.276 e. The lowest BCUT2D eigenvalue weighted by Gasteiger charge is -2.36. The molecular formula is C15H24O4SSi. The third kappa shape index (κ3) is 4.76. The molecule has 0 bridgehead atoms. The molecule has 0 saturated heterocycles. The second-order valence-electron chi connectivity index (χ2n) is 6.81. The van der Waals surface area contributed by atoms with Crippen LogP contribution in [0.2, 0.25) is 18.1 Å². The zero-order valence-corrected chi connectivity index (χ0v) is 15.4. The quantitative estimate of drug-likeness (QED) is 0.795. The van der Waals surface area contributed by atoms with Crippen LogP contribution < -0.4 is 0 Å². The first-order chi connectivity index (χ1) is 9.34. The molecule has 1 aromatic rings. The van der Waals surface area contributed by atoms with Gasteiger partial charge >= 0.3 is 0 Å². The first-order valence-electron chi connectivity index (χ1n) is 6.82. The zero-order chi connectivity index (χ0) is 16.5. The minimum atomic E-state index is -3.71. The van der Waals surface area contributed by atoms with Crippen molar-refractivity contribution in [1.29, 1.82) is 0 Å². The highest BCUT2D eigenvalue weighted by Gasteiger charge is 2.37. The van der Waals surface area contributed by atoms with E-state index in [1.165, 1.54) is 6.07 Å². The number of hydrogen-bond donors (Lipinski definition) is 0. The van der Waals surface area contributed by atoms with Crippen LogP contribution in [0, 0.1) is 0 Å². The van der Waals surface area contributed by atoms with Crippen LogP contribution >= 0.6 is 0 Å². The fourth-order valence-electron chi connectivity index (χ4n) is 1.48. The Hall–Kier alpha value is -0.983. The largest absolute Gasteiger partial charge is 0.413 e. The lowest BCUT2D eigenvalue weighted by Crippen LogP contribution is -2.40. The molecule has 4 nitrogen and oxygen atoms in total. The summed E-state index contributed by atoms with van der Waals surface area (Å²) in [5, 5.41) is -0.746. The molecule has 0 amide bonds. The van der Waals surface area contributed by atoms with Gasteiger partial charge in [-0.1, -0.05) is 39.0 Å². The number of hydrogen-bond acceptors (Lipinski definition) is 4. The fraction of sp³-hybridized carbons (Fsp3) is 0.533. The second-order valence-corrected chi connectivity index (χ2v) is 13.5. The summed E-state index contributed by atoms with van der Waals surface area (Å²) in [7, 11) is -5.58. The molecule has 0 radical (unpaired) electrons. The molecule has 0 aromatic heterocycles. The van der Waals surface area contributed by atoms with E-state index < -0.39 is 23.3 Å². The number of carbonyl (C=O) groups excluding carboxylic acids is 1. The van der Waals surface area contributed by atoms with Crippen molar-refractivity contribution in [2.24, 2.45) is 0 Å². The van der Waals surface area contributed by atoms with Gasteiger partial charge < -0.3 is 4.43 Å². The highest BCUT2D eigenvalue weighted by atomic mass is 32.2. The van der Waals surface area contributed by atoms with Crippen molar-refractivity contribution in [3.8, 4) is 0 Å². The maximum absolute atomic E-state index is 11.8. The zero-order valence-electron chi connectivity index (χ0n) is 13.6. The van der Waals surface area contributed by atoms with Crippen LogP contribution in [0.1, 0.15) is 36.7 Å². The molecule has 0 N–H and O–H groups in total. The predicted octanol–water partition coefficient (Wildman–Crippen LogP) is 3.39. The van der Waals surface area contributed by atoms with Gasteiger partial charge in [0.2, 0.25) is 9.84 Å². The number of sulfone groups is 1. The molecule has 1 aromatic carbocycles. The van der Waals surface area contributed by atoms with Crippen LogP contribution in [-0.2, 0) is 20.9 Å². The summed E-state index contributed by atoms with van der Waals surface area (Å²) < 4.78 is 28.7. The van der Waals surface area contributed by atoms with Gasteiger partial charge in [-0.2, -0.15) is 0 Å². The van der Waals surface area contributed by atoms with Crippen molar-refractivity contribution in [3.05, 3.63) is 35.4 Å². The Balaban J connectivity index is 2.91. The van der Waals surface area contributed by atoms with Crippen molar-refractivity contribution in [2.75, 3.05) is 6.26 Å². The van der Waals surface area contributed by atoms with E-state index in [4.69, 9.17) is 4.43 Å². The van der Waals surface area contributed by atoms with Gasteiger partial charge in [-0.25, -0.2) is 8.42 Å². The van der Waals surface area contributed by atoms with Crippen molar-refractivity contribution in [2.45, 2.75) is 45.5 Å². The number of benzene rings is 1. The normalized spacial score (nSPS) is 13.2. The molecule has 1 rings (SSSR count). The maximum atomic E-state index is 11.8. The third-order valence-corrected chi connectivity index (χ3v) is 9.29. The Morgan fingerprint density at radius 3 is 2.29 bits per heavy atom. The summed E-state index contributed by atoms with van der Waals surface area (Å²) in [6, 6.07) is 6.63. The molecule has 0 unspecified atom stereocenters. The average molecular weight is 329 g/mol. The lowest BCUT2D eigenvalue weighted by molar-refractivity contribution is 0.107. The van der Waals surface area contributed by atoms with Gasteiger partial charge in [-0.05, 0) is 29.8 Å². The summed E-state index contributed by atoms with van der Waals surface area (Å²) in [5.41, 5.74) is 1.00. The second kappa shape index (κ2) is 6.02. The van der Waals surface area contributed by atoms with E-state index in [-0.39, 0.29) is 10.6 Å². The molecule has 0 atom stereocenters. The summed E-state index contributed by atoms with van der Waals surface area (Å²) in [4.78, 5) is 11.8. The molecule has 0 heterocycles. The summed E-state index contributed by atoms with van der Waals surface area (Å²) in [6.07, 6.45) is 0.925. The molecule has 0 saturated carbocycles. The molecule has 0 aliphatic heterocycles. The molecule has 0 aliphatic rings. The van der Waals surface area contributed by atoms with Crippen molar-refractivity contribution in [1.82, 2.24) is 0 Å². The van der Waals surface area contributed by atoms with E-state index >= 15 is 0 Å². The van der Waals surface area contributed by atoms with Crippen LogP contribution in [0.15, 0.2) is 24.3 Å². The number of carbonyl (C=O) groups is 1. The van der Waals surface area contributed by atoms with Gasteiger partial charge in [-0.15, -0.1) is 0 Å². The molecule has 6 heteroatoms. The SMILES string of the molecule is CC(C)(C)[Si](C)(C)OCc1cccc(C(=O)S(C)(=O)=O)c1. The lowest BCUT2D eigenvalue weighted by atomic mass is 10.1. The van der Waals surface area contributed by atoms with E-state index in [1.54, 1.807) is 12.1 Å². The van der Waals surface area contributed by atoms with Gasteiger partial charge in [0.15, 0.2) is 8.32 Å². The van der Waals surface area contributed by atoms with Crippen LogP contribution in [-0.4, -0.2) is 28.1 Å². The van der Waals surface area contributed by atoms with E-state index in [2.05, 4.69) is 33.9 Å². The average Bonchev–Trinajstić information content (AvgIpc) is 2.33. The predicted molar refractivity (Wildman–Crippen MR) is 87.6 cm³/mol. The minimum absolute atomic E-state index is 0.104. The van der Waals surface area contributed by atoms with Crippen LogP contribution in [0.3, 0.4) is 0 Å². The van der Waals surface area contributed by atoms with Gasteiger partial charge in [0.1, 0.15) is 0 Å². The van der Waals surface area contributed by atoms with Crippen LogP contribution in [0.4, 0.5) is 0 Å². The molecule has 21 heavy (non-hydrogen) atoms. The maximum Gasteiger partial charge on any atom is 0.276 e. The Morgan fingerprint density at radius 1 is 1.24 bits per heavy atom. The summed E-state index contributed by atoms with van der Waals surface area (Å²) in [5.74, 6) is 0. The Bertz CT molecular complexity index is 627. The van der Waals surface area contributed by atoms with Crippen molar-refractivity contribution in [3.63, 3.8) is 0 Å². The topological polar surface area (TPSA) is 60.4 Å². The molecule has 0 spiro atoms.